The molecule has 0 aliphatic heterocycles. The van der Waals surface area contributed by atoms with Crippen molar-refractivity contribution in [2.24, 2.45) is 5.41 Å². The van der Waals surface area contributed by atoms with Gasteiger partial charge in [-0.1, -0.05) is 152 Å². The van der Waals surface area contributed by atoms with Crippen molar-refractivity contribution in [2.45, 2.75) is 118 Å². The lowest BCUT2D eigenvalue weighted by atomic mass is 9.72. The van der Waals surface area contributed by atoms with Gasteiger partial charge in [-0.15, -0.1) is 0 Å². The van der Waals surface area contributed by atoms with Gasteiger partial charge in [0.05, 0.1) is 8.07 Å². The minimum Gasteiger partial charge on any atom is -0.0654 e. The summed E-state index contributed by atoms with van der Waals surface area (Å²) in [5, 5.41) is 1.65. The lowest BCUT2D eigenvalue weighted by Gasteiger charge is -2.34. The molecule has 178 valence electrons. The van der Waals surface area contributed by atoms with Gasteiger partial charge < -0.3 is 0 Å². The largest absolute Gasteiger partial charge is 0.0814 e. The van der Waals surface area contributed by atoms with Crippen LogP contribution >= 0.6 is 0 Å². The van der Waals surface area contributed by atoms with Crippen molar-refractivity contribution >= 4 is 13.3 Å². The molecule has 0 saturated heterocycles. The average molecular weight is 451 g/mol. The van der Waals surface area contributed by atoms with Crippen LogP contribution in [0.1, 0.15) is 97.6 Å². The predicted molar refractivity (Wildman–Crippen MR) is 149 cm³/mol. The van der Waals surface area contributed by atoms with Gasteiger partial charge in [-0.3, -0.25) is 0 Å². The van der Waals surface area contributed by atoms with Gasteiger partial charge in [0, 0.05) is 0 Å². The molecule has 0 aromatic heterocycles. The number of benzene rings is 2. The topological polar surface area (TPSA) is 0 Å². The van der Waals surface area contributed by atoms with E-state index in [2.05, 4.69) is 104 Å². The molecule has 0 nitrogen and oxygen atoms in total. The lowest BCUT2D eigenvalue weighted by molar-refractivity contribution is 0.284. The highest BCUT2D eigenvalue weighted by Gasteiger charge is 2.31. The van der Waals surface area contributed by atoms with Crippen molar-refractivity contribution in [1.29, 1.82) is 0 Å². The Labute approximate surface area is 201 Å². The number of rotatable bonds is 11. The van der Waals surface area contributed by atoms with E-state index >= 15 is 0 Å². The first-order chi connectivity index (χ1) is 14.9. The van der Waals surface area contributed by atoms with Crippen LogP contribution in [0.25, 0.3) is 11.1 Å². The van der Waals surface area contributed by atoms with Gasteiger partial charge in [0.2, 0.25) is 0 Å². The zero-order valence-electron chi connectivity index (χ0n) is 22.7. The number of hydrogen-bond donors (Lipinski definition) is 0. The Bertz CT molecular complexity index is 851. The van der Waals surface area contributed by atoms with Gasteiger partial charge in [-0.25, -0.2) is 0 Å². The smallest absolute Gasteiger partial charge is 0.0654 e. The zero-order valence-corrected chi connectivity index (χ0v) is 23.7. The van der Waals surface area contributed by atoms with Crippen LogP contribution in [0.3, 0.4) is 0 Å². The van der Waals surface area contributed by atoms with E-state index in [9.17, 15) is 0 Å². The maximum absolute atomic E-state index is 2.59. The molecule has 0 spiro atoms. The van der Waals surface area contributed by atoms with Gasteiger partial charge in [-0.05, 0) is 40.9 Å². The zero-order chi connectivity index (χ0) is 24.0. The third-order valence-electron chi connectivity index (χ3n) is 6.99. The van der Waals surface area contributed by atoms with Crippen molar-refractivity contribution in [1.82, 2.24) is 0 Å². The highest BCUT2D eigenvalue weighted by Crippen LogP contribution is 2.38. The summed E-state index contributed by atoms with van der Waals surface area (Å²) in [6, 6.07) is 18.1. The van der Waals surface area contributed by atoms with E-state index in [1.165, 1.54) is 73.2 Å². The minimum atomic E-state index is -1.52. The van der Waals surface area contributed by atoms with Crippen LogP contribution in [-0.4, -0.2) is 8.07 Å². The molecular weight excluding hydrogens is 400 g/mol. The van der Waals surface area contributed by atoms with Gasteiger partial charge >= 0.3 is 0 Å². The molecule has 0 saturated carbocycles. The lowest BCUT2D eigenvalue weighted by Crippen LogP contribution is -2.42. The van der Waals surface area contributed by atoms with Gasteiger partial charge in [0.15, 0.2) is 0 Å². The Morgan fingerprint density at radius 3 is 2.06 bits per heavy atom. The van der Waals surface area contributed by atoms with E-state index < -0.39 is 8.07 Å². The first-order valence-corrected chi connectivity index (χ1v) is 16.3. The summed E-state index contributed by atoms with van der Waals surface area (Å²) in [6.45, 7) is 21.6. The standard InChI is InChI=1S/C31H50Si/c1-10-11-12-13-14-15-21-32(8,9)29-20-19-27(31(6,7)24-30(3,4)5)23-28(29)26-18-16-17-25(2)22-26/h16-20,22-23H,10-15,21,24H2,1-9H3. The van der Waals surface area contributed by atoms with Gasteiger partial charge in [0.25, 0.3) is 0 Å². The van der Waals surface area contributed by atoms with Crippen molar-refractivity contribution in [3.05, 3.63) is 53.6 Å². The highest BCUT2D eigenvalue weighted by atomic mass is 28.3. The summed E-state index contributed by atoms with van der Waals surface area (Å²) in [6.07, 6.45) is 9.50. The second-order valence-electron chi connectivity index (χ2n) is 12.7. The molecule has 0 radical (unpaired) electrons. The summed E-state index contributed by atoms with van der Waals surface area (Å²) in [4.78, 5) is 0. The number of unbranched alkanes of at least 4 members (excludes halogenated alkanes) is 5. The third kappa shape index (κ3) is 7.91. The maximum atomic E-state index is 2.59. The Morgan fingerprint density at radius 2 is 1.44 bits per heavy atom. The molecule has 2 aromatic rings. The maximum Gasteiger partial charge on any atom is 0.0814 e. The fourth-order valence-corrected chi connectivity index (χ4v) is 8.40. The molecule has 0 heterocycles. The molecule has 1 heteroatoms. The first-order valence-electron chi connectivity index (χ1n) is 13.1. The molecule has 0 unspecified atom stereocenters. The van der Waals surface area contributed by atoms with E-state index in [1.807, 2.05) is 0 Å². The Balaban J connectivity index is 2.39. The molecule has 0 N–H and O–H groups in total. The van der Waals surface area contributed by atoms with Crippen LogP contribution in [0, 0.1) is 12.3 Å². The SMILES string of the molecule is CCCCCCCC[Si](C)(C)c1ccc(C(C)(C)CC(C)(C)C)cc1-c1cccc(C)c1. The van der Waals surface area contributed by atoms with Crippen molar-refractivity contribution in [2.75, 3.05) is 0 Å². The molecule has 0 amide bonds. The molecule has 2 aromatic carbocycles. The first kappa shape index (κ1) is 26.9. The van der Waals surface area contributed by atoms with E-state index in [0.29, 0.717) is 5.41 Å². The Morgan fingerprint density at radius 1 is 0.781 bits per heavy atom. The van der Waals surface area contributed by atoms with Gasteiger partial charge in [-0.2, -0.15) is 0 Å². The van der Waals surface area contributed by atoms with Gasteiger partial charge in [0.1, 0.15) is 0 Å². The second-order valence-corrected chi connectivity index (χ2v) is 17.5. The molecule has 0 bridgehead atoms. The van der Waals surface area contributed by atoms with Crippen LogP contribution in [0.5, 0.6) is 0 Å². The van der Waals surface area contributed by atoms with E-state index in [1.54, 1.807) is 5.19 Å². The molecule has 0 aliphatic rings. The number of aryl methyl sites for hydroxylation is 1. The van der Waals surface area contributed by atoms with Crippen LogP contribution in [0.4, 0.5) is 0 Å². The van der Waals surface area contributed by atoms with Crippen molar-refractivity contribution < 1.29 is 0 Å². The highest BCUT2D eigenvalue weighted by molar-refractivity contribution is 6.90. The summed E-state index contributed by atoms with van der Waals surface area (Å²) < 4.78 is 0. The molecule has 2 rings (SSSR count). The van der Waals surface area contributed by atoms with E-state index in [4.69, 9.17) is 0 Å². The average Bonchev–Trinajstić information content (AvgIpc) is 2.68. The van der Waals surface area contributed by atoms with Crippen LogP contribution < -0.4 is 5.19 Å². The fourth-order valence-electron chi connectivity index (χ4n) is 5.52. The van der Waals surface area contributed by atoms with Crippen LogP contribution in [0.2, 0.25) is 19.1 Å². The second kappa shape index (κ2) is 11.2. The van der Waals surface area contributed by atoms with Crippen LogP contribution in [-0.2, 0) is 5.41 Å². The number of hydrogen-bond acceptors (Lipinski definition) is 0. The monoisotopic (exact) mass is 450 g/mol. The Kier molecular flexibility index (Phi) is 9.41. The molecular formula is C31H50Si. The molecule has 0 atom stereocenters. The fraction of sp³-hybridized carbons (Fsp3) is 0.613. The predicted octanol–water partition coefficient (Wildman–Crippen LogP) is 9.65. The molecule has 32 heavy (non-hydrogen) atoms. The van der Waals surface area contributed by atoms with E-state index in [-0.39, 0.29) is 5.41 Å². The summed E-state index contributed by atoms with van der Waals surface area (Å²) in [7, 11) is -1.52. The summed E-state index contributed by atoms with van der Waals surface area (Å²) >= 11 is 0. The Hall–Kier alpha value is -1.34. The molecule has 0 fully saturated rings. The summed E-state index contributed by atoms with van der Waals surface area (Å²) in [5.74, 6) is 0. The molecule has 0 aliphatic carbocycles. The van der Waals surface area contributed by atoms with Crippen LogP contribution in [0.15, 0.2) is 42.5 Å². The summed E-state index contributed by atoms with van der Waals surface area (Å²) in [5.41, 5.74) is 6.21. The van der Waals surface area contributed by atoms with Crippen molar-refractivity contribution in [3.63, 3.8) is 0 Å². The normalized spacial score (nSPS) is 12.9. The quantitative estimate of drug-likeness (QED) is 0.236. The third-order valence-corrected chi connectivity index (χ3v) is 10.5. The van der Waals surface area contributed by atoms with Crippen molar-refractivity contribution in [3.8, 4) is 11.1 Å². The minimum absolute atomic E-state index is 0.167. The van der Waals surface area contributed by atoms with E-state index in [0.717, 1.165) is 0 Å².